The van der Waals surface area contributed by atoms with Crippen LogP contribution in [0.4, 0.5) is 0 Å². The maximum atomic E-state index is 13.1. The third-order valence-corrected chi connectivity index (χ3v) is 13.6. The second-order valence-corrected chi connectivity index (χ2v) is 12.8. The smallest absolute Gasteiger partial charge is 0.245 e. The number of amides is 4. The Morgan fingerprint density at radius 2 is 1.03 bits per heavy atom. The molecular weight excluding hydrogens is 668 g/mol. The first-order valence-corrected chi connectivity index (χ1v) is 13.2. The molecule has 0 spiro atoms. The van der Waals surface area contributed by atoms with Crippen molar-refractivity contribution in [3.05, 3.63) is 22.3 Å². The topological polar surface area (TPSA) is 172 Å². The fourth-order valence-electron chi connectivity index (χ4n) is 6.45. The van der Waals surface area contributed by atoms with Gasteiger partial charge >= 0.3 is 0 Å². The maximum Gasteiger partial charge on any atom is 0.245 e. The van der Waals surface area contributed by atoms with Crippen molar-refractivity contribution in [1.82, 2.24) is 0 Å². The third kappa shape index (κ3) is 2.73. The van der Waals surface area contributed by atoms with Gasteiger partial charge < -0.3 is 22.9 Å². The molecule has 8 unspecified atom stereocenters. The largest absolute Gasteiger partial charge is 0.369 e. The number of nitrogens with two attached hydrogens (primary N) is 4. The summed E-state index contributed by atoms with van der Waals surface area (Å²) in [4.78, 5) is 50.5. The highest BCUT2D eigenvalue weighted by atomic mass is 79.9. The minimum Gasteiger partial charge on any atom is -0.369 e. The SMILES string of the molecule is NC(=O)C1=C2CC(C(Br)C2Br)C1(CC1(C(N)=O)C(C(N)=O)=C2CC1C(Br)C2Br)C(N)=O. The molecule has 0 aliphatic heterocycles. The quantitative estimate of drug-likeness (QED) is 0.306. The van der Waals surface area contributed by atoms with Crippen LogP contribution in [0.3, 0.4) is 0 Å². The molecule has 31 heavy (non-hydrogen) atoms. The summed E-state index contributed by atoms with van der Waals surface area (Å²) in [5.74, 6) is -3.97. The van der Waals surface area contributed by atoms with Crippen molar-refractivity contribution in [3.63, 3.8) is 0 Å². The van der Waals surface area contributed by atoms with Gasteiger partial charge in [0.25, 0.3) is 0 Å². The molecule has 8 atom stereocenters. The Kier molecular flexibility index (Phi) is 5.59. The molecule has 0 saturated heterocycles. The van der Waals surface area contributed by atoms with Gasteiger partial charge in [-0.1, -0.05) is 63.7 Å². The van der Waals surface area contributed by atoms with Crippen LogP contribution < -0.4 is 22.9 Å². The van der Waals surface area contributed by atoms with E-state index in [9.17, 15) is 19.2 Å². The summed E-state index contributed by atoms with van der Waals surface area (Å²) < 4.78 is 0. The number of carbonyl (C=O) groups excluding carboxylic acids is 4. The van der Waals surface area contributed by atoms with Crippen LogP contribution >= 0.6 is 63.7 Å². The van der Waals surface area contributed by atoms with Gasteiger partial charge in [-0.15, -0.1) is 0 Å². The summed E-state index contributed by atoms with van der Waals surface area (Å²) in [5.41, 5.74) is 21.9. The van der Waals surface area contributed by atoms with Gasteiger partial charge in [0, 0.05) is 30.5 Å². The fourth-order valence-corrected chi connectivity index (χ4v) is 9.94. The summed E-state index contributed by atoms with van der Waals surface area (Å²) in [5, 5.41) is 0. The van der Waals surface area contributed by atoms with Crippen LogP contribution in [0.5, 0.6) is 0 Å². The first kappa shape index (κ1) is 23.4. The van der Waals surface area contributed by atoms with Crippen molar-refractivity contribution in [2.24, 2.45) is 45.6 Å². The summed E-state index contributed by atoms with van der Waals surface area (Å²) >= 11 is 14.3. The fraction of sp³-hybridized carbons (Fsp3) is 0.579. The molecule has 168 valence electrons. The van der Waals surface area contributed by atoms with Crippen LogP contribution in [0.25, 0.3) is 0 Å². The number of carbonyl (C=O) groups is 4. The lowest BCUT2D eigenvalue weighted by molar-refractivity contribution is -0.139. The molecule has 0 aromatic carbocycles. The highest BCUT2D eigenvalue weighted by molar-refractivity contribution is 9.12. The van der Waals surface area contributed by atoms with Gasteiger partial charge in [0.05, 0.1) is 10.8 Å². The molecule has 8 N–H and O–H groups in total. The van der Waals surface area contributed by atoms with Crippen molar-refractivity contribution in [1.29, 1.82) is 0 Å². The first-order valence-electron chi connectivity index (χ1n) is 9.56. The molecular formula is C19H20Br4N4O4. The minimum atomic E-state index is -1.56. The van der Waals surface area contributed by atoms with Crippen molar-refractivity contribution in [2.45, 2.75) is 38.6 Å². The number of fused-ring (bicyclic) bond motifs is 4. The normalized spacial score (nSPS) is 43.1. The predicted octanol–water partition coefficient (Wildman–Crippen LogP) is 1.00. The molecule has 4 amide bonds. The molecule has 4 aliphatic carbocycles. The monoisotopic (exact) mass is 684 g/mol. The summed E-state index contributed by atoms with van der Waals surface area (Å²) in [6.07, 6.45) is 0.592. The Balaban J connectivity index is 1.99. The van der Waals surface area contributed by atoms with Gasteiger partial charge in [-0.2, -0.15) is 0 Å². The number of primary amides is 4. The Labute approximate surface area is 211 Å². The van der Waals surface area contributed by atoms with E-state index in [1.807, 2.05) is 0 Å². The summed E-state index contributed by atoms with van der Waals surface area (Å²) in [6, 6.07) is 0. The van der Waals surface area contributed by atoms with E-state index >= 15 is 0 Å². The van der Waals surface area contributed by atoms with Gasteiger partial charge in [0.1, 0.15) is 0 Å². The third-order valence-electron chi connectivity index (χ3n) is 7.60. The second kappa shape index (κ2) is 7.39. The number of hydrogen-bond donors (Lipinski definition) is 4. The van der Waals surface area contributed by atoms with Gasteiger partial charge in [-0.05, 0) is 42.2 Å². The Morgan fingerprint density at radius 3 is 1.29 bits per heavy atom. The molecule has 4 aliphatic rings. The zero-order valence-corrected chi connectivity index (χ0v) is 22.4. The van der Waals surface area contributed by atoms with Crippen LogP contribution in [0.2, 0.25) is 0 Å². The van der Waals surface area contributed by atoms with E-state index in [2.05, 4.69) is 63.7 Å². The highest BCUT2D eigenvalue weighted by Crippen LogP contribution is 2.69. The van der Waals surface area contributed by atoms with Crippen molar-refractivity contribution < 1.29 is 19.2 Å². The van der Waals surface area contributed by atoms with Crippen molar-refractivity contribution >= 4 is 87.3 Å². The van der Waals surface area contributed by atoms with Crippen LogP contribution in [-0.2, 0) is 19.2 Å². The first-order chi connectivity index (χ1) is 14.3. The lowest BCUT2D eigenvalue weighted by atomic mass is 9.55. The highest BCUT2D eigenvalue weighted by Gasteiger charge is 2.71. The minimum absolute atomic E-state index is 0.112. The Hall–Kier alpha value is -0.720. The molecule has 8 nitrogen and oxygen atoms in total. The Bertz CT molecular complexity index is 935. The number of rotatable bonds is 6. The van der Waals surface area contributed by atoms with E-state index in [1.165, 1.54) is 0 Å². The maximum absolute atomic E-state index is 13.1. The lowest BCUT2D eigenvalue weighted by Gasteiger charge is -2.48. The number of hydrogen-bond acceptors (Lipinski definition) is 4. The van der Waals surface area contributed by atoms with E-state index in [4.69, 9.17) is 22.9 Å². The Morgan fingerprint density at radius 1 is 0.710 bits per heavy atom. The molecule has 0 aromatic rings. The molecule has 12 heteroatoms. The van der Waals surface area contributed by atoms with Crippen LogP contribution in [0.15, 0.2) is 22.3 Å². The van der Waals surface area contributed by atoms with Gasteiger partial charge in [-0.25, -0.2) is 0 Å². The zero-order chi connectivity index (χ0) is 23.2. The molecule has 4 rings (SSSR count). The van der Waals surface area contributed by atoms with Gasteiger partial charge in [0.2, 0.25) is 23.6 Å². The van der Waals surface area contributed by atoms with Crippen LogP contribution in [-0.4, -0.2) is 42.9 Å². The molecule has 0 aromatic heterocycles. The second-order valence-electron chi connectivity index (χ2n) is 8.69. The molecule has 4 bridgehead atoms. The number of alkyl halides is 4. The van der Waals surface area contributed by atoms with E-state index in [-0.39, 0.29) is 36.9 Å². The number of halogens is 4. The van der Waals surface area contributed by atoms with Crippen LogP contribution in [0.1, 0.15) is 19.3 Å². The van der Waals surface area contributed by atoms with Crippen LogP contribution in [0, 0.1) is 22.7 Å². The predicted molar refractivity (Wildman–Crippen MR) is 127 cm³/mol. The lowest BCUT2D eigenvalue weighted by Crippen LogP contribution is -2.58. The van der Waals surface area contributed by atoms with Gasteiger partial charge in [0.15, 0.2) is 0 Å². The average Bonchev–Trinajstić information content (AvgIpc) is 3.35. The molecule has 0 radical (unpaired) electrons. The molecule has 2 saturated carbocycles. The van der Waals surface area contributed by atoms with Crippen molar-refractivity contribution in [2.75, 3.05) is 0 Å². The van der Waals surface area contributed by atoms with E-state index in [0.717, 1.165) is 0 Å². The average molecular weight is 688 g/mol. The summed E-state index contributed by atoms with van der Waals surface area (Å²) in [6.45, 7) is 0. The zero-order valence-electron chi connectivity index (χ0n) is 16.0. The number of allylic oxidation sites excluding steroid dienone is 2. The van der Waals surface area contributed by atoms with Crippen molar-refractivity contribution in [3.8, 4) is 0 Å². The summed E-state index contributed by atoms with van der Waals surface area (Å²) in [7, 11) is 0. The standard InChI is InChI=1S/C19H20Br4N4O4/c20-10-4-1-6(12(10)22)18(16(26)30,8(4)14(24)28)3-19(17(27)31)7-2-5(9(19)15(25)29)11(21)13(7)23/h6-7,10-13H,1-3H2,(H2,24,28)(H2,25,29)(H2,26,30)(H2,27,31). The van der Waals surface area contributed by atoms with E-state index < -0.39 is 46.3 Å². The molecule has 0 heterocycles. The van der Waals surface area contributed by atoms with E-state index in [1.54, 1.807) is 0 Å². The van der Waals surface area contributed by atoms with E-state index in [0.29, 0.717) is 24.0 Å². The van der Waals surface area contributed by atoms with Gasteiger partial charge in [-0.3, -0.25) is 19.2 Å². The molecule has 2 fully saturated rings.